The highest BCUT2D eigenvalue weighted by atomic mass is 35.5. The number of nitrogens with one attached hydrogen (secondary N) is 3. The summed E-state index contributed by atoms with van der Waals surface area (Å²) in [5, 5.41) is 9.47. The van der Waals surface area contributed by atoms with E-state index in [0.717, 1.165) is 19.5 Å². The summed E-state index contributed by atoms with van der Waals surface area (Å²) < 4.78 is 0. The predicted molar refractivity (Wildman–Crippen MR) is 94.7 cm³/mol. The van der Waals surface area contributed by atoms with E-state index < -0.39 is 0 Å². The molecule has 0 aliphatic carbocycles. The van der Waals surface area contributed by atoms with E-state index in [9.17, 15) is 9.59 Å². The fraction of sp³-hybridized carbons (Fsp3) is 0.529. The number of nitrogens with zero attached hydrogens (tertiary/aromatic N) is 1. The molecule has 1 unspecified atom stereocenters. The number of rotatable bonds is 5. The number of hydrogen-bond acceptors (Lipinski definition) is 3. The first-order chi connectivity index (χ1) is 11.6. The van der Waals surface area contributed by atoms with Crippen LogP contribution in [0.2, 0.25) is 5.02 Å². The highest BCUT2D eigenvalue weighted by Crippen LogP contribution is 2.24. The van der Waals surface area contributed by atoms with Gasteiger partial charge < -0.3 is 16.0 Å². The summed E-state index contributed by atoms with van der Waals surface area (Å²) in [4.78, 5) is 25.8. The van der Waals surface area contributed by atoms with Crippen LogP contribution in [0.15, 0.2) is 18.2 Å². The maximum atomic E-state index is 12.4. The predicted octanol–water partition coefficient (Wildman–Crippen LogP) is 1.99. The van der Waals surface area contributed by atoms with Crippen molar-refractivity contribution in [2.24, 2.45) is 5.92 Å². The van der Waals surface area contributed by atoms with Crippen molar-refractivity contribution in [2.45, 2.75) is 19.3 Å². The number of urea groups is 1. The average molecular weight is 351 g/mol. The van der Waals surface area contributed by atoms with E-state index in [2.05, 4.69) is 16.0 Å². The Balaban J connectivity index is 1.60. The topological polar surface area (TPSA) is 73.5 Å². The van der Waals surface area contributed by atoms with Crippen LogP contribution in [0.5, 0.6) is 0 Å². The van der Waals surface area contributed by atoms with E-state index in [-0.39, 0.29) is 11.9 Å². The molecule has 2 heterocycles. The van der Waals surface area contributed by atoms with Crippen LogP contribution < -0.4 is 20.9 Å². The van der Waals surface area contributed by atoms with Gasteiger partial charge in [-0.2, -0.15) is 0 Å². The van der Waals surface area contributed by atoms with Gasteiger partial charge in [-0.1, -0.05) is 11.6 Å². The molecule has 0 aromatic heterocycles. The van der Waals surface area contributed by atoms with Crippen LogP contribution in [0.1, 0.15) is 29.6 Å². The van der Waals surface area contributed by atoms with Gasteiger partial charge in [-0.25, -0.2) is 4.79 Å². The average Bonchev–Trinajstić information content (AvgIpc) is 3.02. The third-order valence-electron chi connectivity index (χ3n) is 4.60. The van der Waals surface area contributed by atoms with Crippen LogP contribution in [-0.2, 0) is 0 Å². The molecule has 0 bridgehead atoms. The molecule has 1 aromatic carbocycles. The number of carbonyl (C=O) groups excluding carboxylic acids is 2. The lowest BCUT2D eigenvalue weighted by molar-refractivity contribution is 0.0950. The van der Waals surface area contributed by atoms with E-state index in [0.29, 0.717) is 41.8 Å². The first-order valence-corrected chi connectivity index (χ1v) is 8.87. The maximum absolute atomic E-state index is 12.4. The van der Waals surface area contributed by atoms with Crippen molar-refractivity contribution in [1.29, 1.82) is 0 Å². The monoisotopic (exact) mass is 350 g/mol. The maximum Gasteiger partial charge on any atom is 0.321 e. The van der Waals surface area contributed by atoms with E-state index in [1.165, 1.54) is 12.8 Å². The van der Waals surface area contributed by atoms with Crippen molar-refractivity contribution >= 4 is 29.2 Å². The zero-order chi connectivity index (χ0) is 16.9. The highest BCUT2D eigenvalue weighted by Gasteiger charge is 2.23. The lowest BCUT2D eigenvalue weighted by atomic mass is 9.96. The molecule has 0 radical (unpaired) electrons. The van der Waals surface area contributed by atoms with Crippen LogP contribution in [0, 0.1) is 5.92 Å². The van der Waals surface area contributed by atoms with Crippen molar-refractivity contribution in [2.75, 3.05) is 37.6 Å². The van der Waals surface area contributed by atoms with Crippen LogP contribution >= 0.6 is 11.6 Å². The van der Waals surface area contributed by atoms with Crippen molar-refractivity contribution < 1.29 is 9.59 Å². The van der Waals surface area contributed by atoms with E-state index in [4.69, 9.17) is 11.6 Å². The zero-order valence-electron chi connectivity index (χ0n) is 13.6. The molecular formula is C17H23ClN4O2. The molecule has 1 atom stereocenters. The Morgan fingerprint density at radius 2 is 2.25 bits per heavy atom. The van der Waals surface area contributed by atoms with E-state index >= 15 is 0 Å². The van der Waals surface area contributed by atoms with Gasteiger partial charge >= 0.3 is 6.03 Å². The molecule has 2 aliphatic rings. The molecule has 0 saturated carbocycles. The third kappa shape index (κ3) is 3.99. The molecule has 6 nitrogen and oxygen atoms in total. The molecule has 2 fully saturated rings. The molecular weight excluding hydrogens is 328 g/mol. The second kappa shape index (κ2) is 7.85. The highest BCUT2D eigenvalue weighted by molar-refractivity contribution is 6.34. The summed E-state index contributed by atoms with van der Waals surface area (Å²) >= 11 is 6.17. The Bertz CT molecular complexity index is 617. The number of benzene rings is 1. The Morgan fingerprint density at radius 1 is 1.38 bits per heavy atom. The number of carbonyl (C=O) groups is 2. The van der Waals surface area contributed by atoms with Gasteiger partial charge in [0.15, 0.2) is 0 Å². The normalized spacial score (nSPS) is 20.8. The number of anilines is 1. The minimum absolute atomic E-state index is 0.145. The first-order valence-electron chi connectivity index (χ1n) is 8.49. The van der Waals surface area contributed by atoms with E-state index in [1.54, 1.807) is 23.1 Å². The lowest BCUT2D eigenvalue weighted by Gasteiger charge is -2.22. The number of amides is 3. The standard InChI is InChI=1S/C17H23ClN4O2/c18-15-4-3-13(22-9-8-21-17(22)24)10-14(15)16(23)20-7-5-12-2-1-6-19-11-12/h3-4,10,12,19H,1-2,5-9,11H2,(H,20,23)(H,21,24). The van der Waals surface area contributed by atoms with Crippen LogP contribution in [0.25, 0.3) is 0 Å². The quantitative estimate of drug-likeness (QED) is 0.760. The molecule has 2 aliphatic heterocycles. The number of hydrogen-bond donors (Lipinski definition) is 3. The van der Waals surface area contributed by atoms with E-state index in [1.807, 2.05) is 0 Å². The second-order valence-electron chi connectivity index (χ2n) is 6.30. The fourth-order valence-electron chi connectivity index (χ4n) is 3.23. The lowest BCUT2D eigenvalue weighted by Crippen LogP contribution is -2.33. The van der Waals surface area contributed by atoms with Crippen LogP contribution in [0.3, 0.4) is 0 Å². The fourth-order valence-corrected chi connectivity index (χ4v) is 3.43. The second-order valence-corrected chi connectivity index (χ2v) is 6.71. The van der Waals surface area contributed by atoms with Crippen molar-refractivity contribution in [3.63, 3.8) is 0 Å². The van der Waals surface area contributed by atoms with Gasteiger partial charge in [0, 0.05) is 25.3 Å². The molecule has 24 heavy (non-hydrogen) atoms. The van der Waals surface area contributed by atoms with Gasteiger partial charge in [0.25, 0.3) is 5.91 Å². The molecule has 3 rings (SSSR count). The van der Waals surface area contributed by atoms with Gasteiger partial charge in [0.2, 0.25) is 0 Å². The van der Waals surface area contributed by atoms with Crippen molar-refractivity contribution in [1.82, 2.24) is 16.0 Å². The Hall–Kier alpha value is -1.79. The molecule has 130 valence electrons. The summed E-state index contributed by atoms with van der Waals surface area (Å²) in [6.07, 6.45) is 3.37. The first kappa shape index (κ1) is 17.0. The summed E-state index contributed by atoms with van der Waals surface area (Å²) in [5.74, 6) is 0.430. The Kier molecular flexibility index (Phi) is 5.58. The van der Waals surface area contributed by atoms with Gasteiger partial charge in [-0.05, 0) is 56.5 Å². The molecule has 1 aromatic rings. The van der Waals surface area contributed by atoms with Crippen LogP contribution in [-0.4, -0.2) is 44.7 Å². The van der Waals surface area contributed by atoms with Crippen molar-refractivity contribution in [3.05, 3.63) is 28.8 Å². The van der Waals surface area contributed by atoms with Gasteiger partial charge in [-0.3, -0.25) is 9.69 Å². The number of piperidine rings is 1. The molecule has 0 spiro atoms. The largest absolute Gasteiger partial charge is 0.352 e. The minimum Gasteiger partial charge on any atom is -0.352 e. The molecule has 3 N–H and O–H groups in total. The Morgan fingerprint density at radius 3 is 2.96 bits per heavy atom. The van der Waals surface area contributed by atoms with Crippen molar-refractivity contribution in [3.8, 4) is 0 Å². The molecule has 7 heteroatoms. The Labute approximate surface area is 146 Å². The van der Waals surface area contributed by atoms with Gasteiger partial charge in [0.05, 0.1) is 10.6 Å². The third-order valence-corrected chi connectivity index (χ3v) is 4.93. The zero-order valence-corrected chi connectivity index (χ0v) is 14.4. The summed E-state index contributed by atoms with van der Waals surface area (Å²) in [6, 6.07) is 4.97. The van der Waals surface area contributed by atoms with Crippen LogP contribution in [0.4, 0.5) is 10.5 Å². The smallest absolute Gasteiger partial charge is 0.321 e. The summed E-state index contributed by atoms with van der Waals surface area (Å²) in [7, 11) is 0. The van der Waals surface area contributed by atoms with Gasteiger partial charge in [0.1, 0.15) is 0 Å². The van der Waals surface area contributed by atoms with Gasteiger partial charge in [-0.15, -0.1) is 0 Å². The number of halogens is 1. The minimum atomic E-state index is -0.190. The molecule has 2 saturated heterocycles. The SMILES string of the molecule is O=C(NCCC1CCCNC1)c1cc(N2CCNC2=O)ccc1Cl. The summed E-state index contributed by atoms with van der Waals surface area (Å²) in [5.41, 5.74) is 1.10. The summed E-state index contributed by atoms with van der Waals surface area (Å²) in [6.45, 7) is 3.95. The molecule has 3 amide bonds.